The van der Waals surface area contributed by atoms with E-state index in [1.807, 2.05) is 42.7 Å². The first-order valence-corrected chi connectivity index (χ1v) is 7.26. The Morgan fingerprint density at radius 1 is 0.682 bits per heavy atom. The van der Waals surface area contributed by atoms with E-state index in [9.17, 15) is 0 Å². The average molecular weight is 282 g/mol. The van der Waals surface area contributed by atoms with Gasteiger partial charge in [-0.15, -0.1) is 0 Å². The lowest BCUT2D eigenvalue weighted by molar-refractivity contribution is 1.33. The van der Waals surface area contributed by atoms with Crippen molar-refractivity contribution in [3.05, 3.63) is 84.3 Å². The largest absolute Gasteiger partial charge is 0.256 e. The number of hydrogen-bond acceptors (Lipinski definition) is 2. The second kappa shape index (κ2) is 5.41. The van der Waals surface area contributed by atoms with Gasteiger partial charge in [0.25, 0.3) is 0 Å². The second-order valence-corrected chi connectivity index (χ2v) is 5.25. The van der Waals surface area contributed by atoms with Gasteiger partial charge < -0.3 is 0 Å². The zero-order chi connectivity index (χ0) is 14.8. The lowest BCUT2D eigenvalue weighted by Crippen LogP contribution is -1.82. The van der Waals surface area contributed by atoms with Crippen molar-refractivity contribution >= 4 is 33.8 Å². The van der Waals surface area contributed by atoms with Crippen molar-refractivity contribution in [3.8, 4) is 0 Å². The Balaban J connectivity index is 1.68. The van der Waals surface area contributed by atoms with Crippen molar-refractivity contribution in [1.82, 2.24) is 9.97 Å². The molecule has 0 spiro atoms. The zero-order valence-electron chi connectivity index (χ0n) is 12.0. The second-order valence-electron chi connectivity index (χ2n) is 5.25. The van der Waals surface area contributed by atoms with Crippen molar-refractivity contribution in [2.75, 3.05) is 0 Å². The third-order valence-corrected chi connectivity index (χ3v) is 3.73. The monoisotopic (exact) mass is 282 g/mol. The van der Waals surface area contributed by atoms with Gasteiger partial charge in [0.2, 0.25) is 0 Å². The van der Waals surface area contributed by atoms with E-state index in [0.29, 0.717) is 0 Å². The summed E-state index contributed by atoms with van der Waals surface area (Å²) in [5, 5.41) is 3.52. The van der Waals surface area contributed by atoms with Crippen LogP contribution in [0.5, 0.6) is 0 Å². The van der Waals surface area contributed by atoms with E-state index in [1.54, 1.807) is 0 Å². The van der Waals surface area contributed by atoms with Crippen LogP contribution in [0.25, 0.3) is 33.8 Å². The summed E-state index contributed by atoms with van der Waals surface area (Å²) >= 11 is 0. The minimum atomic E-state index is 0.963. The van der Waals surface area contributed by atoms with Crippen LogP contribution in [-0.4, -0.2) is 9.97 Å². The molecule has 0 amide bonds. The summed E-state index contributed by atoms with van der Waals surface area (Å²) in [6, 6.07) is 20.7. The Morgan fingerprint density at radius 3 is 2.50 bits per heavy atom. The summed E-state index contributed by atoms with van der Waals surface area (Å²) in [4.78, 5) is 8.82. The van der Waals surface area contributed by atoms with Gasteiger partial charge in [-0.25, -0.2) is 0 Å². The van der Waals surface area contributed by atoms with Crippen LogP contribution in [0.1, 0.15) is 11.3 Å². The molecule has 0 bridgehead atoms. The average Bonchev–Trinajstić information content (AvgIpc) is 2.59. The van der Waals surface area contributed by atoms with Crippen molar-refractivity contribution in [1.29, 1.82) is 0 Å². The maximum Gasteiger partial charge on any atom is 0.0702 e. The molecule has 2 heteroatoms. The Labute approximate surface area is 128 Å². The smallest absolute Gasteiger partial charge is 0.0702 e. The Bertz CT molecular complexity index is 905. The van der Waals surface area contributed by atoms with Gasteiger partial charge in [-0.2, -0.15) is 0 Å². The van der Waals surface area contributed by atoms with E-state index in [2.05, 4.69) is 52.4 Å². The SMILES string of the molecule is C(=C/c1cc2ccccc2cn1)/c1ccc2ncccc2c1. The first-order chi connectivity index (χ1) is 10.9. The molecule has 0 radical (unpaired) electrons. The van der Waals surface area contributed by atoms with Gasteiger partial charge in [0.15, 0.2) is 0 Å². The summed E-state index contributed by atoms with van der Waals surface area (Å²) in [5.41, 5.74) is 3.13. The maximum atomic E-state index is 4.49. The Hall–Kier alpha value is -3.00. The van der Waals surface area contributed by atoms with Crippen LogP contribution in [0, 0.1) is 0 Å². The fourth-order valence-corrected chi connectivity index (χ4v) is 2.57. The highest BCUT2D eigenvalue weighted by Gasteiger charge is 1.96. The van der Waals surface area contributed by atoms with Gasteiger partial charge in [-0.05, 0) is 41.3 Å². The fraction of sp³-hybridized carbons (Fsp3) is 0. The van der Waals surface area contributed by atoms with E-state index in [4.69, 9.17) is 0 Å². The third kappa shape index (κ3) is 2.47. The minimum absolute atomic E-state index is 0.963. The molecule has 4 aromatic rings. The number of pyridine rings is 2. The van der Waals surface area contributed by atoms with E-state index in [-0.39, 0.29) is 0 Å². The highest BCUT2D eigenvalue weighted by Crippen LogP contribution is 2.17. The predicted molar refractivity (Wildman–Crippen MR) is 92.4 cm³/mol. The molecular formula is C20H14N2. The van der Waals surface area contributed by atoms with Crippen LogP contribution in [0.3, 0.4) is 0 Å². The normalized spacial score (nSPS) is 11.5. The molecule has 0 fully saturated rings. The van der Waals surface area contributed by atoms with Crippen LogP contribution in [0.2, 0.25) is 0 Å². The molecule has 0 atom stereocenters. The highest BCUT2D eigenvalue weighted by molar-refractivity contribution is 5.85. The molecule has 0 unspecified atom stereocenters. The van der Waals surface area contributed by atoms with Crippen molar-refractivity contribution in [2.24, 2.45) is 0 Å². The van der Waals surface area contributed by atoms with E-state index in [0.717, 1.165) is 27.5 Å². The topological polar surface area (TPSA) is 25.8 Å². The number of benzene rings is 2. The molecule has 0 saturated heterocycles. The molecule has 2 heterocycles. The zero-order valence-corrected chi connectivity index (χ0v) is 12.0. The van der Waals surface area contributed by atoms with Gasteiger partial charge in [-0.1, -0.05) is 42.5 Å². The van der Waals surface area contributed by atoms with Crippen molar-refractivity contribution in [3.63, 3.8) is 0 Å². The first kappa shape index (κ1) is 12.7. The number of fused-ring (bicyclic) bond motifs is 2. The van der Waals surface area contributed by atoms with Crippen molar-refractivity contribution in [2.45, 2.75) is 0 Å². The standard InChI is InChI=1S/C20H14N2/c1-2-5-18-14-22-19(13-16(18)4-1)9-7-15-8-10-20-17(12-15)6-3-11-21-20/h1-14H/b9-7-. The third-order valence-electron chi connectivity index (χ3n) is 3.73. The Kier molecular flexibility index (Phi) is 3.13. The summed E-state index contributed by atoms with van der Waals surface area (Å²) < 4.78 is 0. The van der Waals surface area contributed by atoms with Crippen LogP contribution in [-0.2, 0) is 0 Å². The molecule has 104 valence electrons. The van der Waals surface area contributed by atoms with Gasteiger partial charge in [0.1, 0.15) is 0 Å². The quantitative estimate of drug-likeness (QED) is 0.519. The lowest BCUT2D eigenvalue weighted by Gasteiger charge is -2.00. The summed E-state index contributed by atoms with van der Waals surface area (Å²) in [5.74, 6) is 0. The van der Waals surface area contributed by atoms with E-state index < -0.39 is 0 Å². The van der Waals surface area contributed by atoms with Crippen LogP contribution in [0.15, 0.2) is 73.1 Å². The predicted octanol–water partition coefficient (Wildman–Crippen LogP) is 4.95. The lowest BCUT2D eigenvalue weighted by atomic mass is 10.1. The number of aromatic nitrogens is 2. The molecule has 22 heavy (non-hydrogen) atoms. The first-order valence-electron chi connectivity index (χ1n) is 7.26. The number of rotatable bonds is 2. The summed E-state index contributed by atoms with van der Waals surface area (Å²) in [7, 11) is 0. The van der Waals surface area contributed by atoms with Crippen LogP contribution in [0.4, 0.5) is 0 Å². The molecule has 0 N–H and O–H groups in total. The van der Waals surface area contributed by atoms with Crippen LogP contribution < -0.4 is 0 Å². The summed E-state index contributed by atoms with van der Waals surface area (Å²) in [6.45, 7) is 0. The van der Waals surface area contributed by atoms with E-state index in [1.165, 1.54) is 5.39 Å². The van der Waals surface area contributed by atoms with Gasteiger partial charge in [-0.3, -0.25) is 9.97 Å². The van der Waals surface area contributed by atoms with Gasteiger partial charge in [0, 0.05) is 23.2 Å². The summed E-state index contributed by atoms with van der Waals surface area (Å²) in [6.07, 6.45) is 7.86. The van der Waals surface area contributed by atoms with Gasteiger partial charge >= 0.3 is 0 Å². The van der Waals surface area contributed by atoms with Crippen molar-refractivity contribution < 1.29 is 0 Å². The molecule has 0 saturated carbocycles. The van der Waals surface area contributed by atoms with Crippen LogP contribution >= 0.6 is 0 Å². The number of hydrogen-bond donors (Lipinski definition) is 0. The molecule has 0 aliphatic rings. The minimum Gasteiger partial charge on any atom is -0.256 e. The molecular weight excluding hydrogens is 268 g/mol. The molecule has 0 aliphatic heterocycles. The highest BCUT2D eigenvalue weighted by atomic mass is 14.7. The molecule has 4 rings (SSSR count). The molecule has 0 aliphatic carbocycles. The molecule has 2 aromatic carbocycles. The Morgan fingerprint density at radius 2 is 1.55 bits per heavy atom. The molecule has 2 nitrogen and oxygen atoms in total. The fourth-order valence-electron chi connectivity index (χ4n) is 2.57. The molecule has 2 aromatic heterocycles. The van der Waals surface area contributed by atoms with Gasteiger partial charge in [0.05, 0.1) is 11.2 Å². The maximum absolute atomic E-state index is 4.49. The van der Waals surface area contributed by atoms with E-state index >= 15 is 0 Å². The number of nitrogens with zero attached hydrogens (tertiary/aromatic N) is 2.